The van der Waals surface area contributed by atoms with Gasteiger partial charge < -0.3 is 23.6 Å². The van der Waals surface area contributed by atoms with Gasteiger partial charge in [-0.3, -0.25) is 4.57 Å². The van der Waals surface area contributed by atoms with Gasteiger partial charge >= 0.3 is 15.2 Å². The maximum atomic E-state index is 13.3. The summed E-state index contributed by atoms with van der Waals surface area (Å²) in [6.45, 7) is 6.75. The Labute approximate surface area is 143 Å². The Morgan fingerprint density at radius 3 is 1.79 bits per heavy atom. The first-order chi connectivity index (χ1) is 11.2. The number of hydrogen-bond acceptors (Lipinski definition) is 6. The van der Waals surface area contributed by atoms with Gasteiger partial charge in [0.15, 0.2) is 4.90 Å². The molecule has 0 spiro atoms. The van der Waals surface area contributed by atoms with Crippen LogP contribution in [0.1, 0.15) is 40.5 Å². The average Bonchev–Trinajstić information content (AvgIpc) is 2.51. The van der Waals surface area contributed by atoms with Gasteiger partial charge in [0.05, 0.1) is 13.2 Å². The highest BCUT2D eigenvalue weighted by atomic mass is 31.2. The quantitative estimate of drug-likeness (QED) is 0.565. The molecule has 24 heavy (non-hydrogen) atoms. The van der Waals surface area contributed by atoms with Crippen molar-refractivity contribution in [2.45, 2.75) is 45.4 Å². The molecular weight excluding hydrogens is 354 g/mol. The molecule has 0 saturated heterocycles. The van der Waals surface area contributed by atoms with E-state index in [0.717, 1.165) is 0 Å². The van der Waals surface area contributed by atoms with Crippen LogP contribution in [0.3, 0.4) is 0 Å². The van der Waals surface area contributed by atoms with E-state index in [2.05, 4.69) is 0 Å². The standard InChI is InChI=1S/C15H26O7P2/c1-5-15(6-2,24(19,20-7-3)21-8-4)23(17,18)22-14-11-9-13(16)10-12-14/h9-12,16H,5-8H2,1-4H3,(H,17,18). The van der Waals surface area contributed by atoms with Crippen LogP contribution in [-0.4, -0.2) is 28.1 Å². The number of phenols is 1. The molecule has 0 heterocycles. The third-order valence-corrected chi connectivity index (χ3v) is 10.3. The number of phenolic OH excluding ortho intramolecular Hbond substituents is 1. The normalized spacial score (nSPS) is 15.0. The van der Waals surface area contributed by atoms with Crippen LogP contribution >= 0.6 is 15.2 Å². The van der Waals surface area contributed by atoms with E-state index in [1.165, 1.54) is 24.3 Å². The Hall–Kier alpha value is -0.840. The molecule has 0 aromatic heterocycles. The van der Waals surface area contributed by atoms with E-state index >= 15 is 0 Å². The Balaban J connectivity index is 3.35. The molecule has 0 aliphatic carbocycles. The van der Waals surface area contributed by atoms with Gasteiger partial charge in [-0.15, -0.1) is 0 Å². The van der Waals surface area contributed by atoms with Crippen LogP contribution in [0.4, 0.5) is 0 Å². The number of rotatable bonds is 10. The fraction of sp³-hybridized carbons (Fsp3) is 0.600. The molecule has 1 aromatic carbocycles. The lowest BCUT2D eigenvalue weighted by Gasteiger charge is -2.39. The molecule has 1 rings (SSSR count). The van der Waals surface area contributed by atoms with Crippen molar-refractivity contribution < 1.29 is 32.7 Å². The van der Waals surface area contributed by atoms with Gasteiger partial charge in [0.2, 0.25) is 0 Å². The van der Waals surface area contributed by atoms with Crippen molar-refractivity contribution in [1.82, 2.24) is 0 Å². The largest absolute Gasteiger partial charge is 0.508 e. The number of aromatic hydroxyl groups is 1. The summed E-state index contributed by atoms with van der Waals surface area (Å²) in [5.41, 5.74) is 0. The van der Waals surface area contributed by atoms with Crippen LogP contribution < -0.4 is 4.52 Å². The Bertz CT molecular complexity index is 601. The molecule has 138 valence electrons. The van der Waals surface area contributed by atoms with Crippen molar-refractivity contribution in [3.8, 4) is 11.5 Å². The van der Waals surface area contributed by atoms with E-state index in [0.29, 0.717) is 0 Å². The summed E-state index contributed by atoms with van der Waals surface area (Å²) in [6.07, 6.45) is 0.152. The Kier molecular flexibility index (Phi) is 7.51. The first-order valence-corrected chi connectivity index (χ1v) is 11.0. The van der Waals surface area contributed by atoms with Crippen LogP contribution in [0.2, 0.25) is 0 Å². The molecule has 2 N–H and O–H groups in total. The molecule has 1 unspecified atom stereocenters. The second-order valence-corrected chi connectivity index (χ2v) is 9.93. The van der Waals surface area contributed by atoms with Crippen LogP contribution in [-0.2, 0) is 18.2 Å². The van der Waals surface area contributed by atoms with Gasteiger partial charge in [-0.1, -0.05) is 13.8 Å². The second-order valence-electron chi connectivity index (χ2n) is 5.13. The maximum Gasteiger partial charge on any atom is 0.394 e. The van der Waals surface area contributed by atoms with E-state index in [-0.39, 0.29) is 37.6 Å². The molecule has 1 atom stereocenters. The lowest BCUT2D eigenvalue weighted by atomic mass is 10.2. The highest BCUT2D eigenvalue weighted by Crippen LogP contribution is 2.77. The number of hydrogen-bond donors (Lipinski definition) is 2. The van der Waals surface area contributed by atoms with Crippen molar-refractivity contribution in [1.29, 1.82) is 0 Å². The van der Waals surface area contributed by atoms with Crippen molar-refractivity contribution >= 4 is 15.2 Å². The summed E-state index contributed by atoms with van der Waals surface area (Å²) in [5.74, 6) is 0.0890. The second kappa shape index (κ2) is 8.50. The monoisotopic (exact) mass is 380 g/mol. The van der Waals surface area contributed by atoms with E-state index < -0.39 is 20.1 Å². The molecule has 0 bridgehead atoms. The summed E-state index contributed by atoms with van der Waals surface area (Å²) >= 11 is 0. The molecule has 0 saturated carbocycles. The van der Waals surface area contributed by atoms with Crippen molar-refractivity contribution in [3.63, 3.8) is 0 Å². The maximum absolute atomic E-state index is 13.3. The molecule has 0 amide bonds. The van der Waals surface area contributed by atoms with Gasteiger partial charge in [0.1, 0.15) is 11.5 Å². The predicted octanol–water partition coefficient (Wildman–Crippen LogP) is 4.74. The minimum Gasteiger partial charge on any atom is -0.508 e. The third kappa shape index (κ3) is 4.04. The summed E-state index contributed by atoms with van der Waals surface area (Å²) in [7, 11) is -8.36. The third-order valence-electron chi connectivity index (χ3n) is 3.83. The van der Waals surface area contributed by atoms with Gasteiger partial charge in [-0.2, -0.15) is 0 Å². The summed E-state index contributed by atoms with van der Waals surface area (Å²) in [5, 5.41) is 9.30. The van der Waals surface area contributed by atoms with Crippen molar-refractivity contribution in [2.24, 2.45) is 0 Å². The van der Waals surface area contributed by atoms with E-state index in [9.17, 15) is 19.1 Å². The highest BCUT2D eigenvalue weighted by Gasteiger charge is 2.62. The zero-order chi connectivity index (χ0) is 18.4. The fourth-order valence-electron chi connectivity index (χ4n) is 2.54. The fourth-order valence-corrected chi connectivity index (χ4v) is 7.64. The molecular formula is C15H26O7P2. The SMILES string of the molecule is CCOP(=O)(OCC)C(CC)(CC)P(=O)(O)Oc1ccc(O)cc1. The van der Waals surface area contributed by atoms with E-state index in [1.807, 2.05) is 0 Å². The molecule has 1 aromatic rings. The van der Waals surface area contributed by atoms with Crippen LogP contribution in [0.5, 0.6) is 11.5 Å². The first kappa shape index (κ1) is 21.2. The molecule has 7 nitrogen and oxygen atoms in total. The van der Waals surface area contributed by atoms with E-state index in [4.69, 9.17) is 13.6 Å². The van der Waals surface area contributed by atoms with Gasteiger partial charge in [-0.05, 0) is 51.0 Å². The Morgan fingerprint density at radius 1 is 0.958 bits per heavy atom. The summed E-state index contributed by atoms with van der Waals surface area (Å²) in [6, 6.07) is 5.39. The smallest absolute Gasteiger partial charge is 0.394 e. The molecule has 9 heteroatoms. The highest BCUT2D eigenvalue weighted by molar-refractivity contribution is 7.74. The molecule has 0 aliphatic rings. The first-order valence-electron chi connectivity index (χ1n) is 7.92. The summed E-state index contributed by atoms with van der Waals surface area (Å²) < 4.78 is 42.4. The van der Waals surface area contributed by atoms with Crippen LogP contribution in [0.25, 0.3) is 0 Å². The average molecular weight is 380 g/mol. The molecule has 0 radical (unpaired) electrons. The van der Waals surface area contributed by atoms with Crippen LogP contribution in [0, 0.1) is 0 Å². The summed E-state index contributed by atoms with van der Waals surface area (Å²) in [4.78, 5) is 9.00. The van der Waals surface area contributed by atoms with Gasteiger partial charge in [0, 0.05) is 0 Å². The lowest BCUT2D eigenvalue weighted by molar-refractivity contribution is 0.198. The lowest BCUT2D eigenvalue weighted by Crippen LogP contribution is -2.32. The molecule has 0 aliphatic heterocycles. The minimum absolute atomic E-state index is 0.00155. The van der Waals surface area contributed by atoms with E-state index in [1.54, 1.807) is 27.7 Å². The zero-order valence-corrected chi connectivity index (χ0v) is 16.3. The number of benzene rings is 1. The predicted molar refractivity (Wildman–Crippen MR) is 92.7 cm³/mol. The van der Waals surface area contributed by atoms with Gasteiger partial charge in [-0.25, -0.2) is 4.57 Å². The van der Waals surface area contributed by atoms with Gasteiger partial charge in [0.25, 0.3) is 0 Å². The van der Waals surface area contributed by atoms with Crippen molar-refractivity contribution in [2.75, 3.05) is 13.2 Å². The molecule has 0 fully saturated rings. The Morgan fingerprint density at radius 2 is 1.42 bits per heavy atom. The zero-order valence-electron chi connectivity index (χ0n) is 14.5. The van der Waals surface area contributed by atoms with Crippen molar-refractivity contribution in [3.05, 3.63) is 24.3 Å². The topological polar surface area (TPSA) is 102 Å². The van der Waals surface area contributed by atoms with Crippen LogP contribution in [0.15, 0.2) is 24.3 Å². The minimum atomic E-state index is -4.45.